The second-order valence-electron chi connectivity index (χ2n) is 1.68. The zero-order valence-electron chi connectivity index (χ0n) is 4.97. The van der Waals surface area contributed by atoms with Gasteiger partial charge in [-0.3, -0.25) is 4.98 Å². The number of hydrogen-bond donors (Lipinski definition) is 1. The first kappa shape index (κ1) is 7.63. The fraction of sp³-hybridized carbons (Fsp3) is 0. The zero-order valence-corrected chi connectivity index (χ0v) is 7.37. The van der Waals surface area contributed by atoms with Crippen LogP contribution in [0.1, 0.15) is 5.56 Å². The number of pyridine rings is 1. The van der Waals surface area contributed by atoms with Gasteiger partial charge in [-0.05, 0) is 22.0 Å². The third-order valence-electron chi connectivity index (χ3n) is 0.942. The van der Waals surface area contributed by atoms with Crippen molar-refractivity contribution in [2.45, 2.75) is 0 Å². The lowest BCUT2D eigenvalue weighted by molar-refractivity contribution is 1.28. The smallest absolute Gasteiger partial charge is 0.105 e. The highest BCUT2D eigenvalue weighted by Crippen LogP contribution is 2.08. The molecule has 0 atom stereocenters. The van der Waals surface area contributed by atoms with Crippen LogP contribution >= 0.6 is 28.1 Å². The first-order chi connectivity index (χ1) is 4.70. The average molecular weight is 216 g/mol. The van der Waals surface area contributed by atoms with Crippen LogP contribution in [-0.4, -0.2) is 9.97 Å². The molecule has 1 aromatic heterocycles. The monoisotopic (exact) mass is 215 g/mol. The maximum absolute atomic E-state index is 5.34. The lowest BCUT2D eigenvalue weighted by Gasteiger charge is -1.94. The molecule has 1 aromatic rings. The Kier molecular flexibility index (Phi) is 2.34. The molecule has 0 amide bonds. The molecule has 2 nitrogen and oxygen atoms in total. The Balaban J connectivity index is 3.07. The summed E-state index contributed by atoms with van der Waals surface area (Å²) in [6, 6.07) is 1.77. The van der Waals surface area contributed by atoms with Crippen molar-refractivity contribution in [2.75, 3.05) is 0 Å². The van der Waals surface area contributed by atoms with Crippen molar-refractivity contribution in [1.29, 1.82) is 0 Å². The van der Waals surface area contributed by atoms with E-state index in [1.807, 2.05) is 0 Å². The Bertz CT molecular complexity index is 262. The largest absolute Gasteiger partial charge is 0.389 e. The van der Waals surface area contributed by atoms with Gasteiger partial charge in [0.2, 0.25) is 0 Å². The molecule has 4 heteroatoms. The molecule has 2 N–H and O–H groups in total. The number of thiocarbonyl (C=S) groups is 1. The van der Waals surface area contributed by atoms with Gasteiger partial charge in [0.05, 0.1) is 0 Å². The van der Waals surface area contributed by atoms with Crippen LogP contribution in [0.5, 0.6) is 0 Å². The Labute approximate surface area is 72.6 Å². The topological polar surface area (TPSA) is 38.9 Å². The van der Waals surface area contributed by atoms with Crippen molar-refractivity contribution in [2.24, 2.45) is 5.73 Å². The van der Waals surface area contributed by atoms with Gasteiger partial charge in [0.15, 0.2) is 0 Å². The van der Waals surface area contributed by atoms with Crippen LogP contribution in [0.25, 0.3) is 0 Å². The summed E-state index contributed by atoms with van der Waals surface area (Å²) in [5, 5.41) is 0. The summed E-state index contributed by atoms with van der Waals surface area (Å²) in [6.07, 6.45) is 4.25. The molecule has 1 rings (SSSR count). The van der Waals surface area contributed by atoms with Crippen molar-refractivity contribution in [3.63, 3.8) is 0 Å². The molecule has 0 fully saturated rings. The van der Waals surface area contributed by atoms with Crippen molar-refractivity contribution in [3.8, 4) is 0 Å². The summed E-state index contributed by atoms with van der Waals surface area (Å²) in [4.78, 5) is 4.12. The van der Waals surface area contributed by atoms with Gasteiger partial charge < -0.3 is 5.73 Å². The van der Waals surface area contributed by atoms with Crippen molar-refractivity contribution in [3.05, 3.63) is 28.5 Å². The molecular weight excluding hydrogens is 212 g/mol. The van der Waals surface area contributed by atoms with E-state index in [1.165, 1.54) is 0 Å². The van der Waals surface area contributed by atoms with Gasteiger partial charge >= 0.3 is 0 Å². The number of aromatic nitrogens is 1. The molecule has 0 aliphatic heterocycles. The van der Waals surface area contributed by atoms with E-state index >= 15 is 0 Å². The molecule has 1 radical (unpaired) electrons. The highest BCUT2D eigenvalue weighted by atomic mass is 79.9. The predicted octanol–water partition coefficient (Wildman–Crippen LogP) is 1.28. The van der Waals surface area contributed by atoms with Gasteiger partial charge in [0.25, 0.3) is 0 Å². The van der Waals surface area contributed by atoms with Gasteiger partial charge in [-0.2, -0.15) is 0 Å². The highest BCUT2D eigenvalue weighted by molar-refractivity contribution is 9.10. The Hall–Kier alpha value is -0.480. The van der Waals surface area contributed by atoms with E-state index in [9.17, 15) is 0 Å². The molecule has 0 unspecified atom stereocenters. The summed E-state index contributed by atoms with van der Waals surface area (Å²) in [5.41, 5.74) is 6.09. The van der Waals surface area contributed by atoms with Crippen LogP contribution in [-0.2, 0) is 0 Å². The van der Waals surface area contributed by atoms with E-state index in [0.29, 0.717) is 4.99 Å². The van der Waals surface area contributed by atoms with E-state index in [1.54, 1.807) is 12.3 Å². The lowest BCUT2D eigenvalue weighted by Crippen LogP contribution is -2.09. The van der Waals surface area contributed by atoms with Crippen molar-refractivity contribution in [1.82, 2.24) is 4.98 Å². The summed E-state index contributed by atoms with van der Waals surface area (Å²) < 4.78 is 0.762. The van der Waals surface area contributed by atoms with Crippen molar-refractivity contribution >= 4 is 33.1 Å². The van der Waals surface area contributed by atoms with Crippen LogP contribution in [0.4, 0.5) is 0 Å². The van der Waals surface area contributed by atoms with Crippen LogP contribution < -0.4 is 5.73 Å². The van der Waals surface area contributed by atoms with E-state index in [4.69, 9.17) is 18.0 Å². The second kappa shape index (κ2) is 3.07. The number of halogens is 1. The standard InChI is InChI=1S/C6H4BrN2S/c7-5-1-4(6(8)10)2-9-3-5/h1-2H,(H2,8,10). The van der Waals surface area contributed by atoms with E-state index in [2.05, 4.69) is 27.1 Å². The third kappa shape index (κ3) is 1.75. The van der Waals surface area contributed by atoms with E-state index < -0.39 is 0 Å². The maximum atomic E-state index is 5.34. The minimum Gasteiger partial charge on any atom is -0.389 e. The number of nitrogens with two attached hydrogens (primary N) is 1. The van der Waals surface area contributed by atoms with Crippen molar-refractivity contribution < 1.29 is 0 Å². The fourth-order valence-corrected chi connectivity index (χ4v) is 0.965. The molecule has 0 saturated carbocycles. The minimum absolute atomic E-state index is 0.349. The summed E-state index contributed by atoms with van der Waals surface area (Å²) in [6.45, 7) is 0. The van der Waals surface area contributed by atoms with Gasteiger partial charge in [-0.25, -0.2) is 0 Å². The number of rotatable bonds is 1. The average Bonchev–Trinajstić information content (AvgIpc) is 1.88. The van der Waals surface area contributed by atoms with Gasteiger partial charge in [0.1, 0.15) is 11.2 Å². The molecule has 0 spiro atoms. The van der Waals surface area contributed by atoms with Crippen LogP contribution in [0, 0.1) is 6.20 Å². The SMILES string of the molecule is NC(=S)c1cn[c]c(Br)c1. The second-order valence-corrected chi connectivity index (χ2v) is 2.98. The van der Waals surface area contributed by atoms with Gasteiger partial charge in [-0.1, -0.05) is 12.2 Å². The number of hydrogen-bond acceptors (Lipinski definition) is 2. The van der Waals surface area contributed by atoms with E-state index in [0.717, 1.165) is 10.0 Å². The molecule has 0 aliphatic rings. The minimum atomic E-state index is 0.349. The van der Waals surface area contributed by atoms with Crippen LogP contribution in [0.15, 0.2) is 16.7 Å². The Morgan fingerprint density at radius 1 is 1.80 bits per heavy atom. The molecular formula is C6H4BrN2S. The predicted molar refractivity (Wildman–Crippen MR) is 46.7 cm³/mol. The molecule has 0 saturated heterocycles. The van der Waals surface area contributed by atoms with Crippen LogP contribution in [0.2, 0.25) is 0 Å². The first-order valence-corrected chi connectivity index (χ1v) is 3.73. The quantitative estimate of drug-likeness (QED) is 0.718. The summed E-state index contributed by atoms with van der Waals surface area (Å²) in [5.74, 6) is 0. The van der Waals surface area contributed by atoms with Crippen LogP contribution in [0.3, 0.4) is 0 Å². The number of nitrogens with zero attached hydrogens (tertiary/aromatic N) is 1. The molecule has 0 aromatic carbocycles. The molecule has 0 bridgehead atoms. The zero-order chi connectivity index (χ0) is 7.56. The molecule has 0 aliphatic carbocycles. The third-order valence-corrected chi connectivity index (χ3v) is 1.58. The Morgan fingerprint density at radius 2 is 2.50 bits per heavy atom. The molecule has 51 valence electrons. The summed E-state index contributed by atoms with van der Waals surface area (Å²) in [7, 11) is 0. The normalized spacial score (nSPS) is 9.30. The maximum Gasteiger partial charge on any atom is 0.105 e. The van der Waals surface area contributed by atoms with Gasteiger partial charge in [-0.15, -0.1) is 0 Å². The van der Waals surface area contributed by atoms with E-state index in [-0.39, 0.29) is 0 Å². The Morgan fingerprint density at radius 3 is 2.90 bits per heavy atom. The molecule has 10 heavy (non-hydrogen) atoms. The lowest BCUT2D eigenvalue weighted by atomic mass is 10.3. The first-order valence-electron chi connectivity index (χ1n) is 2.53. The molecule has 1 heterocycles. The fourth-order valence-electron chi connectivity index (χ4n) is 0.504. The van der Waals surface area contributed by atoms with Gasteiger partial charge in [0, 0.05) is 16.2 Å². The highest BCUT2D eigenvalue weighted by Gasteiger charge is 1.95. The summed E-state index contributed by atoms with van der Waals surface area (Å²) >= 11 is 7.92.